The number of halogens is 1. The largest absolute Gasteiger partial charge is 0.330 e. The molecule has 8 heteroatoms. The van der Waals surface area contributed by atoms with Crippen molar-refractivity contribution in [3.05, 3.63) is 64.7 Å². The van der Waals surface area contributed by atoms with Crippen molar-refractivity contribution >= 4 is 17.5 Å². The smallest absolute Gasteiger partial charge is 0.273 e. The molecule has 0 fully saturated rings. The fraction of sp³-hybridized carbons (Fsp3) is 0.300. The predicted octanol–water partition coefficient (Wildman–Crippen LogP) is 2.71. The van der Waals surface area contributed by atoms with Gasteiger partial charge in [-0.05, 0) is 44.4 Å². The number of hydrogen-bond donors (Lipinski definition) is 0. The molecule has 0 spiro atoms. The van der Waals surface area contributed by atoms with Crippen molar-refractivity contribution in [3.8, 4) is 11.4 Å². The van der Waals surface area contributed by atoms with E-state index in [9.17, 15) is 4.79 Å². The summed E-state index contributed by atoms with van der Waals surface area (Å²) in [5.41, 5.74) is 3.44. The first kappa shape index (κ1) is 18.6. The molecule has 1 amide bonds. The van der Waals surface area contributed by atoms with E-state index in [-0.39, 0.29) is 5.91 Å². The molecule has 0 aliphatic carbocycles. The summed E-state index contributed by atoms with van der Waals surface area (Å²) >= 11 is 5.95. The van der Waals surface area contributed by atoms with Gasteiger partial charge in [-0.15, -0.1) is 0 Å². The van der Waals surface area contributed by atoms with Gasteiger partial charge in [0.15, 0.2) is 5.82 Å². The summed E-state index contributed by atoms with van der Waals surface area (Å²) in [6.07, 6.45) is 3.52. The second-order valence-corrected chi connectivity index (χ2v) is 7.51. The molecule has 7 nitrogen and oxygen atoms in total. The number of aromatic nitrogens is 4. The molecule has 144 valence electrons. The first-order valence-corrected chi connectivity index (χ1v) is 9.45. The maximum Gasteiger partial charge on any atom is 0.273 e. The first-order valence-electron chi connectivity index (χ1n) is 9.08. The minimum absolute atomic E-state index is 0.0964. The zero-order chi connectivity index (χ0) is 19.7. The molecule has 0 saturated carbocycles. The molecule has 2 aromatic heterocycles. The molecule has 3 aromatic rings. The average Bonchev–Trinajstić information content (AvgIpc) is 3.09. The van der Waals surface area contributed by atoms with E-state index in [0.29, 0.717) is 36.2 Å². The SMILES string of the molecule is CN(C)Cc1cnn2c1CN(C(=O)c1ccnc(-c3ccc(Cl)cc3)n1)CC2. The third-order valence-electron chi connectivity index (χ3n) is 4.71. The second-order valence-electron chi connectivity index (χ2n) is 7.08. The van der Waals surface area contributed by atoms with Gasteiger partial charge in [-0.25, -0.2) is 9.97 Å². The highest BCUT2D eigenvalue weighted by atomic mass is 35.5. The lowest BCUT2D eigenvalue weighted by atomic mass is 10.1. The Balaban J connectivity index is 1.56. The normalized spacial score (nSPS) is 13.6. The molecule has 0 radical (unpaired) electrons. The molecule has 0 saturated heterocycles. The molecule has 1 aliphatic rings. The molecular formula is C20H21ClN6O. The number of fused-ring (bicyclic) bond motifs is 1. The van der Waals surface area contributed by atoms with Crippen molar-refractivity contribution in [2.45, 2.75) is 19.6 Å². The van der Waals surface area contributed by atoms with Gasteiger partial charge in [0.2, 0.25) is 0 Å². The van der Waals surface area contributed by atoms with Crippen LogP contribution in [-0.4, -0.2) is 56.1 Å². The number of benzene rings is 1. The number of rotatable bonds is 4. The Morgan fingerprint density at radius 2 is 1.96 bits per heavy atom. The number of amides is 1. The van der Waals surface area contributed by atoms with Crippen LogP contribution in [0.2, 0.25) is 5.02 Å². The zero-order valence-corrected chi connectivity index (χ0v) is 16.6. The topological polar surface area (TPSA) is 67.2 Å². The lowest BCUT2D eigenvalue weighted by Gasteiger charge is -2.28. The standard InChI is InChI=1S/C20H21ClN6O/c1-25(2)12-15-11-23-27-10-9-26(13-18(15)27)20(28)17-7-8-22-19(24-17)14-3-5-16(21)6-4-14/h3-8,11H,9-10,12-13H2,1-2H3. The molecule has 1 aromatic carbocycles. The van der Waals surface area contributed by atoms with E-state index in [4.69, 9.17) is 11.6 Å². The number of nitrogens with zero attached hydrogens (tertiary/aromatic N) is 6. The van der Waals surface area contributed by atoms with Crippen molar-refractivity contribution in [2.75, 3.05) is 20.6 Å². The Labute approximate surface area is 168 Å². The van der Waals surface area contributed by atoms with Crippen molar-refractivity contribution in [2.24, 2.45) is 0 Å². The second kappa shape index (κ2) is 7.69. The Morgan fingerprint density at radius 1 is 1.18 bits per heavy atom. The van der Waals surface area contributed by atoms with E-state index in [2.05, 4.69) is 20.0 Å². The average molecular weight is 397 g/mol. The zero-order valence-electron chi connectivity index (χ0n) is 15.8. The third-order valence-corrected chi connectivity index (χ3v) is 4.96. The lowest BCUT2D eigenvalue weighted by molar-refractivity contribution is 0.0699. The molecule has 1 aliphatic heterocycles. The summed E-state index contributed by atoms with van der Waals surface area (Å²) in [6.45, 7) is 2.62. The Bertz CT molecular complexity index is 998. The van der Waals surface area contributed by atoms with Crippen LogP contribution in [0.4, 0.5) is 0 Å². The predicted molar refractivity (Wildman–Crippen MR) is 107 cm³/mol. The van der Waals surface area contributed by atoms with Gasteiger partial charge in [0, 0.05) is 35.4 Å². The molecule has 3 heterocycles. The van der Waals surface area contributed by atoms with E-state index in [1.54, 1.807) is 24.4 Å². The van der Waals surface area contributed by atoms with Gasteiger partial charge in [-0.1, -0.05) is 11.6 Å². The lowest BCUT2D eigenvalue weighted by Crippen LogP contribution is -2.39. The van der Waals surface area contributed by atoms with Crippen LogP contribution in [0.25, 0.3) is 11.4 Å². The van der Waals surface area contributed by atoms with Crippen LogP contribution in [0.15, 0.2) is 42.7 Å². The Morgan fingerprint density at radius 3 is 2.71 bits per heavy atom. The van der Waals surface area contributed by atoms with Crippen molar-refractivity contribution < 1.29 is 4.79 Å². The summed E-state index contributed by atoms with van der Waals surface area (Å²) in [6, 6.07) is 8.92. The van der Waals surface area contributed by atoms with Crippen LogP contribution in [0.1, 0.15) is 21.7 Å². The number of carbonyl (C=O) groups excluding carboxylic acids is 1. The van der Waals surface area contributed by atoms with Gasteiger partial charge in [-0.3, -0.25) is 9.48 Å². The van der Waals surface area contributed by atoms with Crippen molar-refractivity contribution in [1.29, 1.82) is 0 Å². The van der Waals surface area contributed by atoms with E-state index in [1.165, 1.54) is 0 Å². The van der Waals surface area contributed by atoms with Gasteiger partial charge < -0.3 is 9.80 Å². The first-order chi connectivity index (χ1) is 13.5. The summed E-state index contributed by atoms with van der Waals surface area (Å²) in [5.74, 6) is 0.415. The molecule has 0 bridgehead atoms. The van der Waals surface area contributed by atoms with Gasteiger partial charge in [0.25, 0.3) is 5.91 Å². The molecule has 0 atom stereocenters. The third kappa shape index (κ3) is 3.76. The minimum Gasteiger partial charge on any atom is -0.330 e. The maximum atomic E-state index is 13.1. The summed E-state index contributed by atoms with van der Waals surface area (Å²) in [4.78, 5) is 25.8. The van der Waals surface area contributed by atoms with Crippen LogP contribution in [0.5, 0.6) is 0 Å². The van der Waals surface area contributed by atoms with E-state index in [0.717, 1.165) is 23.4 Å². The summed E-state index contributed by atoms with van der Waals surface area (Å²) in [5, 5.41) is 5.10. The quantitative estimate of drug-likeness (QED) is 0.678. The Hall–Kier alpha value is -2.77. The number of hydrogen-bond acceptors (Lipinski definition) is 5. The van der Waals surface area contributed by atoms with Gasteiger partial charge in [-0.2, -0.15) is 5.10 Å². The molecular weight excluding hydrogens is 376 g/mol. The van der Waals surface area contributed by atoms with Crippen LogP contribution in [-0.2, 0) is 19.6 Å². The fourth-order valence-corrected chi connectivity index (χ4v) is 3.45. The highest BCUT2D eigenvalue weighted by molar-refractivity contribution is 6.30. The number of carbonyl (C=O) groups is 1. The van der Waals surface area contributed by atoms with Gasteiger partial charge in [0.05, 0.1) is 25.0 Å². The molecule has 0 N–H and O–H groups in total. The van der Waals surface area contributed by atoms with Crippen molar-refractivity contribution in [3.63, 3.8) is 0 Å². The molecule has 4 rings (SSSR count). The highest BCUT2D eigenvalue weighted by Gasteiger charge is 2.25. The summed E-state index contributed by atoms with van der Waals surface area (Å²) < 4.78 is 1.99. The van der Waals surface area contributed by atoms with Crippen LogP contribution in [0.3, 0.4) is 0 Å². The van der Waals surface area contributed by atoms with E-state index in [1.807, 2.05) is 42.0 Å². The van der Waals surface area contributed by atoms with E-state index >= 15 is 0 Å². The monoisotopic (exact) mass is 396 g/mol. The summed E-state index contributed by atoms with van der Waals surface area (Å²) in [7, 11) is 4.05. The van der Waals surface area contributed by atoms with Gasteiger partial charge in [0.1, 0.15) is 5.69 Å². The molecule has 0 unspecified atom stereocenters. The minimum atomic E-state index is -0.0964. The van der Waals surface area contributed by atoms with Crippen LogP contribution < -0.4 is 0 Å². The maximum absolute atomic E-state index is 13.1. The molecule has 28 heavy (non-hydrogen) atoms. The van der Waals surface area contributed by atoms with Crippen molar-refractivity contribution in [1.82, 2.24) is 29.5 Å². The van der Waals surface area contributed by atoms with Gasteiger partial charge >= 0.3 is 0 Å². The highest BCUT2D eigenvalue weighted by Crippen LogP contribution is 2.21. The fourth-order valence-electron chi connectivity index (χ4n) is 3.32. The van der Waals surface area contributed by atoms with Crippen LogP contribution in [0, 0.1) is 0 Å². The van der Waals surface area contributed by atoms with E-state index < -0.39 is 0 Å². The Kier molecular flexibility index (Phi) is 5.11. The van der Waals surface area contributed by atoms with Crippen LogP contribution >= 0.6 is 11.6 Å².